The Morgan fingerprint density at radius 1 is 1.04 bits per heavy atom. The third-order valence-electron chi connectivity index (χ3n) is 3.59. The van der Waals surface area contributed by atoms with Crippen molar-refractivity contribution in [2.24, 2.45) is 0 Å². The second-order valence-corrected chi connectivity index (χ2v) is 6.37. The van der Waals surface area contributed by atoms with Gasteiger partial charge in [0.15, 0.2) is 5.78 Å². The van der Waals surface area contributed by atoms with Crippen LogP contribution in [0, 0.1) is 0 Å². The van der Waals surface area contributed by atoms with Gasteiger partial charge in [0.05, 0.1) is 10.7 Å². The number of nitrogens with one attached hydrogen (secondary N) is 1. The predicted octanol–water partition coefficient (Wildman–Crippen LogP) is 4.48. The lowest BCUT2D eigenvalue weighted by molar-refractivity contribution is -0.242. The monoisotopic (exact) mass is 405 g/mol. The number of hydrogen-bond acceptors (Lipinski definition) is 3. The Morgan fingerprint density at radius 2 is 1.65 bits per heavy atom. The second kappa shape index (κ2) is 7.26. The summed E-state index contributed by atoms with van der Waals surface area (Å²) in [6.07, 6.45) is -5.20. The number of amides is 1. The zero-order valence-corrected chi connectivity index (χ0v) is 14.7. The van der Waals surface area contributed by atoms with Crippen LogP contribution < -0.4 is 5.32 Å². The van der Waals surface area contributed by atoms with Gasteiger partial charge >= 0.3 is 6.18 Å². The summed E-state index contributed by atoms with van der Waals surface area (Å²) in [5.74, 6) is -2.39. The van der Waals surface area contributed by atoms with Gasteiger partial charge in [0.1, 0.15) is 0 Å². The van der Waals surface area contributed by atoms with Gasteiger partial charge < -0.3 is 10.4 Å². The van der Waals surface area contributed by atoms with Crippen molar-refractivity contribution in [3.8, 4) is 0 Å². The van der Waals surface area contributed by atoms with E-state index in [2.05, 4.69) is 0 Å². The molecule has 2 aromatic rings. The number of carbonyl (C=O) groups excluding carboxylic acids is 2. The van der Waals surface area contributed by atoms with E-state index in [1.54, 1.807) is 12.1 Å². The van der Waals surface area contributed by atoms with E-state index in [0.717, 1.165) is 6.07 Å². The van der Waals surface area contributed by atoms with Crippen molar-refractivity contribution in [1.29, 1.82) is 0 Å². The first-order valence-electron chi connectivity index (χ1n) is 7.14. The molecule has 0 fully saturated rings. The molecule has 9 heteroatoms. The third-order valence-corrected chi connectivity index (χ3v) is 4.15. The molecule has 0 saturated carbocycles. The summed E-state index contributed by atoms with van der Waals surface area (Å²) in [6.45, 7) is 0.313. The molecule has 0 bridgehead atoms. The lowest BCUT2D eigenvalue weighted by Crippen LogP contribution is -2.52. The zero-order chi connectivity index (χ0) is 19.7. The number of anilines is 1. The molecule has 0 radical (unpaired) electrons. The van der Waals surface area contributed by atoms with Gasteiger partial charge in [-0.05, 0) is 37.3 Å². The molecule has 2 rings (SSSR count). The number of hydrogen-bond donors (Lipinski definition) is 2. The molecule has 0 aliphatic heterocycles. The van der Waals surface area contributed by atoms with Crippen molar-refractivity contribution in [2.45, 2.75) is 18.7 Å². The molecule has 0 aromatic heterocycles. The molecule has 2 N–H and O–H groups in total. The Kier molecular flexibility index (Phi) is 5.65. The Balaban J connectivity index is 2.45. The van der Waals surface area contributed by atoms with Gasteiger partial charge in [-0.15, -0.1) is 0 Å². The van der Waals surface area contributed by atoms with Crippen molar-refractivity contribution in [3.05, 3.63) is 63.6 Å². The fraction of sp³-hybridized carbons (Fsp3) is 0.176. The van der Waals surface area contributed by atoms with E-state index in [-0.39, 0.29) is 26.9 Å². The molecular formula is C17H12Cl2F3NO3. The van der Waals surface area contributed by atoms with E-state index in [1.807, 2.05) is 5.32 Å². The Bertz CT molecular complexity index is 867. The van der Waals surface area contributed by atoms with E-state index in [4.69, 9.17) is 23.2 Å². The molecule has 1 amide bonds. The summed E-state index contributed by atoms with van der Waals surface area (Å²) >= 11 is 11.8. The molecule has 0 saturated heterocycles. The van der Waals surface area contributed by atoms with Crippen LogP contribution in [-0.4, -0.2) is 28.6 Å². The summed E-state index contributed by atoms with van der Waals surface area (Å²) in [4.78, 5) is 24.6. The van der Waals surface area contributed by atoms with E-state index in [9.17, 15) is 27.9 Å². The number of carbonyl (C=O) groups is 2. The van der Waals surface area contributed by atoms with Gasteiger partial charge in [-0.1, -0.05) is 35.3 Å². The number of aliphatic hydroxyl groups is 1. The van der Waals surface area contributed by atoms with Crippen LogP contribution in [0.5, 0.6) is 0 Å². The van der Waals surface area contributed by atoms with Crippen molar-refractivity contribution < 1.29 is 27.9 Å². The highest BCUT2D eigenvalue weighted by Gasteiger charge is 2.55. The molecule has 2 aromatic carbocycles. The van der Waals surface area contributed by atoms with Gasteiger partial charge in [0, 0.05) is 16.1 Å². The summed E-state index contributed by atoms with van der Waals surface area (Å²) in [7, 11) is 0. The highest BCUT2D eigenvalue weighted by molar-refractivity contribution is 6.36. The van der Waals surface area contributed by atoms with Gasteiger partial charge in [0.25, 0.3) is 5.91 Å². The largest absolute Gasteiger partial charge is 0.426 e. The average molecular weight is 406 g/mol. The summed E-state index contributed by atoms with van der Waals surface area (Å²) in [5, 5.41) is 11.6. The van der Waals surface area contributed by atoms with E-state index >= 15 is 0 Å². The first kappa shape index (κ1) is 20.2. The van der Waals surface area contributed by atoms with Gasteiger partial charge in [-0.2, -0.15) is 13.2 Å². The van der Waals surface area contributed by atoms with Crippen LogP contribution >= 0.6 is 23.2 Å². The van der Waals surface area contributed by atoms with Crippen molar-refractivity contribution in [2.75, 3.05) is 5.32 Å². The summed E-state index contributed by atoms with van der Waals surface area (Å²) in [5.41, 5.74) is -3.97. The van der Waals surface area contributed by atoms with Crippen molar-refractivity contribution in [3.63, 3.8) is 0 Å². The molecule has 1 atom stereocenters. The van der Waals surface area contributed by atoms with Crippen LogP contribution in [0.1, 0.15) is 22.8 Å². The fourth-order valence-electron chi connectivity index (χ4n) is 1.98. The SMILES string of the molecule is CC(O)(C(=O)Nc1ccc(Cl)cc1C(=O)c1ccccc1Cl)C(F)(F)F. The molecule has 4 nitrogen and oxygen atoms in total. The number of ketones is 1. The molecular weight excluding hydrogens is 394 g/mol. The van der Waals surface area contributed by atoms with Gasteiger partial charge in [0.2, 0.25) is 5.60 Å². The zero-order valence-electron chi connectivity index (χ0n) is 13.2. The molecule has 0 aliphatic rings. The standard InChI is InChI=1S/C17H12Cl2F3NO3/c1-16(26,17(20,21)22)15(25)23-13-7-6-9(18)8-11(13)14(24)10-4-2-3-5-12(10)19/h2-8,26H,1H3,(H,23,25). The Morgan fingerprint density at radius 3 is 2.23 bits per heavy atom. The van der Waals surface area contributed by atoms with E-state index in [1.165, 1.54) is 24.3 Å². The highest BCUT2D eigenvalue weighted by atomic mass is 35.5. The van der Waals surface area contributed by atoms with Crippen molar-refractivity contribution in [1.82, 2.24) is 0 Å². The van der Waals surface area contributed by atoms with Crippen molar-refractivity contribution >= 4 is 40.6 Å². The van der Waals surface area contributed by atoms with Crippen LogP contribution in [0.2, 0.25) is 10.0 Å². The van der Waals surface area contributed by atoms with E-state index in [0.29, 0.717) is 6.92 Å². The average Bonchev–Trinajstić information content (AvgIpc) is 2.55. The lowest BCUT2D eigenvalue weighted by atomic mass is 10.00. The minimum Gasteiger partial charge on any atom is -0.373 e. The maximum Gasteiger partial charge on any atom is 0.426 e. The van der Waals surface area contributed by atoms with Crippen LogP contribution in [-0.2, 0) is 4.79 Å². The Labute approximate surface area is 156 Å². The minimum absolute atomic E-state index is 0.0783. The highest BCUT2D eigenvalue weighted by Crippen LogP contribution is 2.32. The quantitative estimate of drug-likeness (QED) is 0.737. The van der Waals surface area contributed by atoms with E-state index < -0.39 is 23.5 Å². The maximum atomic E-state index is 12.8. The van der Waals surface area contributed by atoms with Crippen LogP contribution in [0.15, 0.2) is 42.5 Å². The smallest absolute Gasteiger partial charge is 0.373 e. The topological polar surface area (TPSA) is 66.4 Å². The summed E-state index contributed by atoms with van der Waals surface area (Å²) in [6, 6.07) is 9.66. The molecule has 0 aliphatic carbocycles. The third kappa shape index (κ3) is 4.00. The molecule has 26 heavy (non-hydrogen) atoms. The minimum atomic E-state index is -5.20. The molecule has 1 unspecified atom stereocenters. The molecule has 0 heterocycles. The first-order chi connectivity index (χ1) is 11.9. The van der Waals surface area contributed by atoms with Crippen LogP contribution in [0.3, 0.4) is 0 Å². The molecule has 0 spiro atoms. The van der Waals surface area contributed by atoms with Gasteiger partial charge in [-0.25, -0.2) is 0 Å². The number of halogens is 5. The number of rotatable bonds is 4. The normalized spacial score (nSPS) is 13.8. The predicted molar refractivity (Wildman–Crippen MR) is 91.6 cm³/mol. The number of alkyl halides is 3. The maximum absolute atomic E-state index is 12.8. The number of benzene rings is 2. The first-order valence-corrected chi connectivity index (χ1v) is 7.90. The second-order valence-electron chi connectivity index (χ2n) is 5.52. The fourth-order valence-corrected chi connectivity index (χ4v) is 2.37. The van der Waals surface area contributed by atoms with Gasteiger partial charge in [-0.3, -0.25) is 9.59 Å². The summed E-state index contributed by atoms with van der Waals surface area (Å²) < 4.78 is 38.4. The lowest BCUT2D eigenvalue weighted by Gasteiger charge is -2.25. The Hall–Kier alpha value is -2.09. The van der Waals surface area contributed by atoms with Crippen LogP contribution in [0.25, 0.3) is 0 Å². The van der Waals surface area contributed by atoms with Crippen LogP contribution in [0.4, 0.5) is 18.9 Å². The molecule has 138 valence electrons.